The lowest BCUT2D eigenvalue weighted by Gasteiger charge is -2.25. The van der Waals surface area contributed by atoms with E-state index in [1.807, 2.05) is 30.3 Å². The van der Waals surface area contributed by atoms with E-state index >= 15 is 0 Å². The van der Waals surface area contributed by atoms with Gasteiger partial charge >= 0.3 is 5.97 Å². The van der Waals surface area contributed by atoms with Crippen molar-refractivity contribution in [1.29, 1.82) is 0 Å². The Bertz CT molecular complexity index is 970. The lowest BCUT2D eigenvalue weighted by atomic mass is 9.78. The predicted molar refractivity (Wildman–Crippen MR) is 106 cm³/mol. The Morgan fingerprint density at radius 1 is 0.926 bits per heavy atom. The molecule has 0 spiro atoms. The van der Waals surface area contributed by atoms with Crippen LogP contribution in [0.15, 0.2) is 66.7 Å². The lowest BCUT2D eigenvalue weighted by Crippen LogP contribution is -2.15. The maximum Gasteiger partial charge on any atom is 0.338 e. The highest BCUT2D eigenvalue weighted by molar-refractivity contribution is 6.11. The molecule has 0 N–H and O–H groups in total. The van der Waals surface area contributed by atoms with E-state index in [0.29, 0.717) is 18.6 Å². The standard InChI is InChI=1S/C24H22O3/c25-22-16-19(20-13-6-11-17-12-7-14-21(22)23(17)20)10-4-5-15-27-24(26)18-8-2-1-3-9-18/h1-3,6-9,11-14,19H,4-5,10,15-16H2/t19-/m0/s1. The number of carbonyl (C=O) groups excluding carboxylic acids is 2. The van der Waals surface area contributed by atoms with Gasteiger partial charge < -0.3 is 4.74 Å². The van der Waals surface area contributed by atoms with Crippen molar-refractivity contribution in [2.45, 2.75) is 31.6 Å². The van der Waals surface area contributed by atoms with Gasteiger partial charge in [0.25, 0.3) is 0 Å². The summed E-state index contributed by atoms with van der Waals surface area (Å²) in [5.41, 5.74) is 2.72. The van der Waals surface area contributed by atoms with Crippen LogP contribution < -0.4 is 0 Å². The third-order valence-electron chi connectivity index (χ3n) is 5.30. The van der Waals surface area contributed by atoms with Gasteiger partial charge in [0.1, 0.15) is 0 Å². The fraction of sp³-hybridized carbons (Fsp3) is 0.250. The molecular formula is C24H22O3. The minimum absolute atomic E-state index is 0.236. The first-order valence-corrected chi connectivity index (χ1v) is 9.51. The van der Waals surface area contributed by atoms with E-state index in [0.717, 1.165) is 35.6 Å². The number of ketones is 1. The zero-order valence-corrected chi connectivity index (χ0v) is 15.2. The average Bonchev–Trinajstić information content (AvgIpc) is 2.71. The molecular weight excluding hydrogens is 336 g/mol. The van der Waals surface area contributed by atoms with Gasteiger partial charge in [-0.15, -0.1) is 0 Å². The molecule has 27 heavy (non-hydrogen) atoms. The van der Waals surface area contributed by atoms with E-state index < -0.39 is 0 Å². The van der Waals surface area contributed by atoms with Crippen molar-refractivity contribution in [3.05, 3.63) is 83.4 Å². The van der Waals surface area contributed by atoms with Crippen LogP contribution in [0.5, 0.6) is 0 Å². The Labute approximate surface area is 159 Å². The van der Waals surface area contributed by atoms with Crippen LogP contribution in [0.3, 0.4) is 0 Å². The zero-order valence-electron chi connectivity index (χ0n) is 15.2. The van der Waals surface area contributed by atoms with Crippen molar-refractivity contribution >= 4 is 22.5 Å². The number of rotatable bonds is 6. The molecule has 0 unspecified atom stereocenters. The molecule has 0 saturated carbocycles. The van der Waals surface area contributed by atoms with Gasteiger partial charge in [0.05, 0.1) is 12.2 Å². The third-order valence-corrected chi connectivity index (χ3v) is 5.30. The lowest BCUT2D eigenvalue weighted by molar-refractivity contribution is 0.0497. The summed E-state index contributed by atoms with van der Waals surface area (Å²) in [6, 6.07) is 21.3. The van der Waals surface area contributed by atoms with Gasteiger partial charge in [0, 0.05) is 12.0 Å². The van der Waals surface area contributed by atoms with Crippen molar-refractivity contribution in [3.8, 4) is 0 Å². The molecule has 0 fully saturated rings. The summed E-state index contributed by atoms with van der Waals surface area (Å²) in [5, 5.41) is 2.26. The highest BCUT2D eigenvalue weighted by atomic mass is 16.5. The molecule has 0 aromatic heterocycles. The van der Waals surface area contributed by atoms with Crippen LogP contribution in [-0.4, -0.2) is 18.4 Å². The van der Waals surface area contributed by atoms with Gasteiger partial charge in [0.15, 0.2) is 5.78 Å². The van der Waals surface area contributed by atoms with Crippen molar-refractivity contribution in [1.82, 2.24) is 0 Å². The molecule has 3 aromatic carbocycles. The summed E-state index contributed by atoms with van der Waals surface area (Å²) < 4.78 is 5.35. The summed E-state index contributed by atoms with van der Waals surface area (Å²) in [4.78, 5) is 24.5. The van der Waals surface area contributed by atoms with Crippen LogP contribution in [0.2, 0.25) is 0 Å². The van der Waals surface area contributed by atoms with E-state index in [1.54, 1.807) is 12.1 Å². The molecule has 0 heterocycles. The number of ether oxygens (including phenoxy) is 1. The van der Waals surface area contributed by atoms with Crippen molar-refractivity contribution < 1.29 is 14.3 Å². The molecule has 4 rings (SSSR count). The predicted octanol–water partition coefficient (Wildman–Crippen LogP) is 5.54. The van der Waals surface area contributed by atoms with Crippen LogP contribution in [0.4, 0.5) is 0 Å². The van der Waals surface area contributed by atoms with Crippen LogP contribution in [0, 0.1) is 0 Å². The Balaban J connectivity index is 1.35. The normalized spacial score (nSPS) is 15.7. The Kier molecular flexibility index (Phi) is 5.01. The topological polar surface area (TPSA) is 43.4 Å². The van der Waals surface area contributed by atoms with E-state index in [1.165, 1.54) is 5.56 Å². The maximum absolute atomic E-state index is 12.5. The average molecular weight is 358 g/mol. The summed E-state index contributed by atoms with van der Waals surface area (Å²) >= 11 is 0. The maximum atomic E-state index is 12.5. The van der Waals surface area contributed by atoms with Gasteiger partial charge in [-0.3, -0.25) is 4.79 Å². The Hall–Kier alpha value is -2.94. The van der Waals surface area contributed by atoms with Gasteiger partial charge in [0.2, 0.25) is 0 Å². The molecule has 0 radical (unpaired) electrons. The number of benzene rings is 3. The summed E-state index contributed by atoms with van der Waals surface area (Å²) in [6.45, 7) is 0.412. The summed E-state index contributed by atoms with van der Waals surface area (Å²) in [5.74, 6) is 0.211. The van der Waals surface area contributed by atoms with Crippen LogP contribution in [0.25, 0.3) is 10.8 Å². The van der Waals surface area contributed by atoms with Crippen molar-refractivity contribution in [2.24, 2.45) is 0 Å². The molecule has 1 aliphatic carbocycles. The van der Waals surface area contributed by atoms with Crippen molar-refractivity contribution in [2.75, 3.05) is 6.61 Å². The van der Waals surface area contributed by atoms with Crippen LogP contribution >= 0.6 is 0 Å². The van der Waals surface area contributed by atoms with Gasteiger partial charge in [-0.2, -0.15) is 0 Å². The highest BCUT2D eigenvalue weighted by Gasteiger charge is 2.26. The third kappa shape index (κ3) is 3.63. The first-order chi connectivity index (χ1) is 13.2. The molecule has 1 atom stereocenters. The van der Waals surface area contributed by atoms with Crippen molar-refractivity contribution in [3.63, 3.8) is 0 Å². The summed E-state index contributed by atoms with van der Waals surface area (Å²) in [6.07, 6.45) is 3.24. The number of Topliss-reactive ketones (excluding diaryl/α,β-unsaturated/α-hetero) is 1. The molecule has 136 valence electrons. The molecule has 0 amide bonds. The zero-order chi connectivity index (χ0) is 18.6. The SMILES string of the molecule is O=C(OCCCC[C@H]1CC(=O)c2cccc3cccc1c23)c1ccccc1. The fourth-order valence-corrected chi connectivity index (χ4v) is 3.96. The first-order valence-electron chi connectivity index (χ1n) is 9.51. The van der Waals surface area contributed by atoms with E-state index in [4.69, 9.17) is 4.74 Å². The molecule has 3 nitrogen and oxygen atoms in total. The van der Waals surface area contributed by atoms with Gasteiger partial charge in [-0.05, 0) is 53.6 Å². The number of unbranched alkanes of at least 4 members (excludes halogenated alkanes) is 1. The van der Waals surface area contributed by atoms with E-state index in [2.05, 4.69) is 24.3 Å². The summed E-state index contributed by atoms with van der Waals surface area (Å²) in [7, 11) is 0. The number of esters is 1. The highest BCUT2D eigenvalue weighted by Crippen LogP contribution is 2.39. The van der Waals surface area contributed by atoms with Gasteiger partial charge in [-0.1, -0.05) is 54.6 Å². The second-order valence-corrected chi connectivity index (χ2v) is 7.07. The number of hydrogen-bond donors (Lipinski definition) is 0. The Morgan fingerprint density at radius 3 is 2.52 bits per heavy atom. The fourth-order valence-electron chi connectivity index (χ4n) is 3.96. The number of carbonyl (C=O) groups is 2. The largest absolute Gasteiger partial charge is 0.462 e. The minimum Gasteiger partial charge on any atom is -0.462 e. The molecule has 1 aliphatic rings. The Morgan fingerprint density at radius 2 is 1.70 bits per heavy atom. The molecule has 3 aromatic rings. The second-order valence-electron chi connectivity index (χ2n) is 7.07. The molecule has 0 aliphatic heterocycles. The minimum atomic E-state index is -0.276. The quantitative estimate of drug-likeness (QED) is 0.429. The molecule has 0 bridgehead atoms. The molecule has 3 heteroatoms. The number of hydrogen-bond acceptors (Lipinski definition) is 3. The van der Waals surface area contributed by atoms with E-state index in [-0.39, 0.29) is 17.7 Å². The monoisotopic (exact) mass is 358 g/mol. The molecule has 0 saturated heterocycles. The van der Waals surface area contributed by atoms with Crippen LogP contribution in [0.1, 0.15) is 57.9 Å². The second kappa shape index (κ2) is 7.75. The van der Waals surface area contributed by atoms with Crippen LogP contribution in [-0.2, 0) is 4.74 Å². The first kappa shape index (κ1) is 17.5. The van der Waals surface area contributed by atoms with E-state index in [9.17, 15) is 9.59 Å². The van der Waals surface area contributed by atoms with Gasteiger partial charge in [-0.25, -0.2) is 4.79 Å². The smallest absolute Gasteiger partial charge is 0.338 e.